The van der Waals surface area contributed by atoms with Crippen molar-refractivity contribution in [2.24, 2.45) is 0 Å². The molecule has 0 aromatic heterocycles. The Morgan fingerprint density at radius 2 is 2.06 bits per heavy atom. The fourth-order valence-electron chi connectivity index (χ4n) is 1.77. The molecule has 0 bridgehead atoms. The van der Waals surface area contributed by atoms with Gasteiger partial charge in [0.2, 0.25) is 5.91 Å². The van der Waals surface area contributed by atoms with Crippen LogP contribution in [0.5, 0.6) is 0 Å². The van der Waals surface area contributed by atoms with Gasteiger partial charge in [-0.1, -0.05) is 0 Å². The molecule has 1 amide bonds. The zero-order valence-corrected chi connectivity index (χ0v) is 11.2. The third kappa shape index (κ3) is 4.27. The lowest BCUT2D eigenvalue weighted by Crippen LogP contribution is -2.55. The Kier molecular flexibility index (Phi) is 4.70. The van der Waals surface area contributed by atoms with E-state index in [0.717, 1.165) is 0 Å². The van der Waals surface area contributed by atoms with Crippen LogP contribution < -0.4 is 10.6 Å². The molecule has 0 radical (unpaired) electrons. The standard InChI is InChI=1S/C12H22N2O4/c1-11(2,3)13-6-4-9(15)14-12(10(16)17)5-7-18-8-12/h13H,4-8H2,1-3H3,(H,14,15)(H,16,17). The summed E-state index contributed by atoms with van der Waals surface area (Å²) in [4.78, 5) is 22.9. The first-order chi connectivity index (χ1) is 8.25. The SMILES string of the molecule is CC(C)(C)NCCC(=O)NC1(C(=O)O)CCOC1. The van der Waals surface area contributed by atoms with Crippen molar-refractivity contribution in [1.82, 2.24) is 10.6 Å². The van der Waals surface area contributed by atoms with Crippen LogP contribution in [0.25, 0.3) is 0 Å². The molecule has 1 saturated heterocycles. The lowest BCUT2D eigenvalue weighted by atomic mass is 9.99. The summed E-state index contributed by atoms with van der Waals surface area (Å²) in [6.07, 6.45) is 0.576. The highest BCUT2D eigenvalue weighted by Gasteiger charge is 2.43. The summed E-state index contributed by atoms with van der Waals surface area (Å²) in [5.41, 5.74) is -1.29. The average Bonchev–Trinajstić information content (AvgIpc) is 2.65. The number of hydrogen-bond donors (Lipinski definition) is 3. The van der Waals surface area contributed by atoms with E-state index in [1.54, 1.807) is 0 Å². The highest BCUT2D eigenvalue weighted by Crippen LogP contribution is 2.19. The van der Waals surface area contributed by atoms with Gasteiger partial charge < -0.3 is 20.5 Å². The molecule has 0 aliphatic carbocycles. The van der Waals surface area contributed by atoms with E-state index in [0.29, 0.717) is 19.6 Å². The van der Waals surface area contributed by atoms with Gasteiger partial charge in [0.25, 0.3) is 0 Å². The predicted molar refractivity (Wildman–Crippen MR) is 66.3 cm³/mol. The fourth-order valence-corrected chi connectivity index (χ4v) is 1.77. The monoisotopic (exact) mass is 258 g/mol. The van der Waals surface area contributed by atoms with Gasteiger partial charge in [-0.15, -0.1) is 0 Å². The summed E-state index contributed by atoms with van der Waals surface area (Å²) < 4.78 is 5.07. The van der Waals surface area contributed by atoms with Crippen LogP contribution in [0.3, 0.4) is 0 Å². The van der Waals surface area contributed by atoms with E-state index in [9.17, 15) is 9.59 Å². The quantitative estimate of drug-likeness (QED) is 0.652. The van der Waals surface area contributed by atoms with Crippen molar-refractivity contribution >= 4 is 11.9 Å². The topological polar surface area (TPSA) is 87.7 Å². The molecule has 1 heterocycles. The van der Waals surface area contributed by atoms with E-state index in [1.807, 2.05) is 20.8 Å². The molecule has 6 heteroatoms. The van der Waals surface area contributed by atoms with Crippen LogP contribution in [-0.2, 0) is 14.3 Å². The maximum absolute atomic E-state index is 11.7. The molecule has 1 atom stereocenters. The summed E-state index contributed by atoms with van der Waals surface area (Å²) >= 11 is 0. The second-order valence-corrected chi connectivity index (χ2v) is 5.66. The molecule has 1 rings (SSSR count). The van der Waals surface area contributed by atoms with Gasteiger partial charge in [-0.3, -0.25) is 4.79 Å². The van der Waals surface area contributed by atoms with E-state index < -0.39 is 11.5 Å². The van der Waals surface area contributed by atoms with Gasteiger partial charge in [0.1, 0.15) is 0 Å². The van der Waals surface area contributed by atoms with Crippen molar-refractivity contribution in [3.05, 3.63) is 0 Å². The molecule has 1 fully saturated rings. The van der Waals surface area contributed by atoms with Gasteiger partial charge in [-0.2, -0.15) is 0 Å². The summed E-state index contributed by atoms with van der Waals surface area (Å²) in [5.74, 6) is -1.29. The molecule has 3 N–H and O–H groups in total. The summed E-state index contributed by atoms with van der Waals surface area (Å²) in [7, 11) is 0. The van der Waals surface area contributed by atoms with Gasteiger partial charge in [-0.25, -0.2) is 4.79 Å². The molecule has 1 unspecified atom stereocenters. The average molecular weight is 258 g/mol. The van der Waals surface area contributed by atoms with Crippen molar-refractivity contribution in [2.75, 3.05) is 19.8 Å². The number of amides is 1. The first-order valence-corrected chi connectivity index (χ1v) is 6.12. The highest BCUT2D eigenvalue weighted by molar-refractivity contribution is 5.87. The third-order valence-electron chi connectivity index (χ3n) is 2.82. The van der Waals surface area contributed by atoms with Crippen LogP contribution in [0.1, 0.15) is 33.6 Å². The predicted octanol–water partition coefficient (Wildman–Crippen LogP) is 0.125. The lowest BCUT2D eigenvalue weighted by Gasteiger charge is -2.24. The van der Waals surface area contributed by atoms with Crippen molar-refractivity contribution in [3.63, 3.8) is 0 Å². The Morgan fingerprint density at radius 3 is 2.50 bits per heavy atom. The van der Waals surface area contributed by atoms with Crippen molar-refractivity contribution in [1.29, 1.82) is 0 Å². The van der Waals surface area contributed by atoms with Gasteiger partial charge in [0, 0.05) is 31.5 Å². The minimum absolute atomic E-state index is 0.0424. The van der Waals surface area contributed by atoms with Gasteiger partial charge in [-0.05, 0) is 20.8 Å². The van der Waals surface area contributed by atoms with Crippen molar-refractivity contribution in [2.45, 2.75) is 44.7 Å². The minimum Gasteiger partial charge on any atom is -0.479 e. The smallest absolute Gasteiger partial charge is 0.331 e. The van der Waals surface area contributed by atoms with E-state index in [2.05, 4.69) is 10.6 Å². The molecule has 18 heavy (non-hydrogen) atoms. The third-order valence-corrected chi connectivity index (χ3v) is 2.82. The minimum atomic E-state index is -1.24. The normalized spacial score (nSPS) is 23.9. The summed E-state index contributed by atoms with van der Waals surface area (Å²) in [6, 6.07) is 0. The summed E-state index contributed by atoms with van der Waals surface area (Å²) in [5, 5.41) is 14.9. The number of carboxylic acid groups (broad SMARTS) is 1. The van der Waals surface area contributed by atoms with Gasteiger partial charge in [0.15, 0.2) is 5.54 Å². The Balaban J connectivity index is 2.41. The Morgan fingerprint density at radius 1 is 1.39 bits per heavy atom. The Hall–Kier alpha value is -1.14. The molecule has 0 aromatic carbocycles. The second kappa shape index (κ2) is 5.67. The molecule has 0 saturated carbocycles. The van der Waals surface area contributed by atoms with Crippen molar-refractivity contribution < 1.29 is 19.4 Å². The number of carboxylic acids is 1. The van der Waals surface area contributed by atoms with Crippen molar-refractivity contribution in [3.8, 4) is 0 Å². The maximum Gasteiger partial charge on any atom is 0.331 e. The summed E-state index contributed by atoms with van der Waals surface area (Å²) in [6.45, 7) is 6.96. The number of hydrogen-bond acceptors (Lipinski definition) is 4. The number of carbonyl (C=O) groups is 2. The zero-order chi connectivity index (χ0) is 13.8. The highest BCUT2D eigenvalue weighted by atomic mass is 16.5. The lowest BCUT2D eigenvalue weighted by molar-refractivity contribution is -0.147. The van der Waals surface area contributed by atoms with Crippen LogP contribution in [0, 0.1) is 0 Å². The van der Waals surface area contributed by atoms with E-state index in [1.165, 1.54) is 0 Å². The van der Waals surface area contributed by atoms with E-state index in [-0.39, 0.29) is 24.5 Å². The van der Waals surface area contributed by atoms with Gasteiger partial charge >= 0.3 is 5.97 Å². The largest absolute Gasteiger partial charge is 0.479 e. The molecular weight excluding hydrogens is 236 g/mol. The maximum atomic E-state index is 11.7. The Bertz CT molecular complexity index is 317. The number of nitrogens with one attached hydrogen (secondary N) is 2. The van der Waals surface area contributed by atoms with Crippen LogP contribution in [-0.4, -0.2) is 47.8 Å². The first-order valence-electron chi connectivity index (χ1n) is 6.12. The molecule has 104 valence electrons. The van der Waals surface area contributed by atoms with Crippen LogP contribution in [0.2, 0.25) is 0 Å². The molecular formula is C12H22N2O4. The van der Waals surface area contributed by atoms with Crippen LogP contribution >= 0.6 is 0 Å². The first kappa shape index (κ1) is 14.9. The van der Waals surface area contributed by atoms with E-state index >= 15 is 0 Å². The van der Waals surface area contributed by atoms with Gasteiger partial charge in [0.05, 0.1) is 6.61 Å². The number of aliphatic carboxylic acids is 1. The van der Waals surface area contributed by atoms with Crippen LogP contribution in [0.4, 0.5) is 0 Å². The molecule has 1 aliphatic heterocycles. The molecule has 6 nitrogen and oxygen atoms in total. The zero-order valence-electron chi connectivity index (χ0n) is 11.2. The fraction of sp³-hybridized carbons (Fsp3) is 0.833. The number of rotatable bonds is 5. The van der Waals surface area contributed by atoms with Crippen LogP contribution in [0.15, 0.2) is 0 Å². The molecule has 0 spiro atoms. The van der Waals surface area contributed by atoms with E-state index in [4.69, 9.17) is 9.84 Å². The molecule has 1 aliphatic rings. The molecule has 0 aromatic rings. The Labute approximate surface area is 107 Å². The number of carbonyl (C=O) groups excluding carboxylic acids is 1. The second-order valence-electron chi connectivity index (χ2n) is 5.66. The number of ether oxygens (including phenoxy) is 1.